The van der Waals surface area contributed by atoms with E-state index in [4.69, 9.17) is 45.0 Å². The van der Waals surface area contributed by atoms with Crippen LogP contribution in [0.5, 0.6) is 0 Å². The number of phosphoric acid groups is 2. The zero-order valence-electron chi connectivity index (χ0n) is 31.5. The molecule has 3 aromatic heterocycles. The molecule has 3 saturated heterocycles. The number of azide groups is 1. The van der Waals surface area contributed by atoms with E-state index in [0.717, 1.165) is 22.0 Å². The van der Waals surface area contributed by atoms with Gasteiger partial charge in [-0.15, -0.1) is 0 Å². The van der Waals surface area contributed by atoms with E-state index in [2.05, 4.69) is 34.5 Å². The quantitative estimate of drug-likeness (QED) is 0.0263. The summed E-state index contributed by atoms with van der Waals surface area (Å²) in [7, 11) is -10.6. The number of anilines is 2. The van der Waals surface area contributed by atoms with Crippen LogP contribution < -0.4 is 17.2 Å². The summed E-state index contributed by atoms with van der Waals surface area (Å²) >= 11 is 0. The fourth-order valence-electron chi connectivity index (χ4n) is 6.64. The number of benzene rings is 1. The normalized spacial score (nSPS) is 27.0. The lowest BCUT2D eigenvalue weighted by Gasteiger charge is -2.38. The minimum Gasteiger partial charge on any atom is -0.455 e. The number of nitrogen functional groups attached to an aromatic ring is 2. The van der Waals surface area contributed by atoms with Crippen molar-refractivity contribution in [2.24, 2.45) is 5.11 Å². The number of likely N-dealkylation sites (tertiary alicyclic amines) is 1. The summed E-state index contributed by atoms with van der Waals surface area (Å²) in [5.74, 6) is -1.23. The van der Waals surface area contributed by atoms with Gasteiger partial charge in [-0.2, -0.15) is 4.98 Å². The number of carbonyl (C=O) groups excluding carboxylic acids is 2. The molecule has 3 fully saturated rings. The van der Waals surface area contributed by atoms with Crippen LogP contribution in [0.3, 0.4) is 0 Å². The van der Waals surface area contributed by atoms with Gasteiger partial charge in [-0.3, -0.25) is 27.6 Å². The molecule has 1 amide bonds. The highest BCUT2D eigenvalue weighted by atomic mass is 31.2. The number of phosphoric ester groups is 2. The van der Waals surface area contributed by atoms with Crippen LogP contribution in [-0.2, 0) is 53.1 Å². The maximum atomic E-state index is 13.6. The predicted octanol–water partition coefficient (Wildman–Crippen LogP) is -0.360. The summed E-state index contributed by atoms with van der Waals surface area (Å²) in [6.45, 7) is -2.10. The van der Waals surface area contributed by atoms with E-state index in [1.807, 2.05) is 0 Å². The molecule has 3 aliphatic heterocycles. The molecule has 9 N–H and O–H groups in total. The number of carbonyl (C=O) groups is 2. The van der Waals surface area contributed by atoms with Crippen LogP contribution in [0, 0.1) is 0 Å². The van der Waals surface area contributed by atoms with Crippen molar-refractivity contribution >= 4 is 56.2 Å². The molecule has 1 unspecified atom stereocenters. The molecule has 1 aromatic carbocycles. The van der Waals surface area contributed by atoms with Gasteiger partial charge in [0.25, 0.3) is 0 Å². The Bertz CT molecular complexity index is 2520. The first-order valence-corrected chi connectivity index (χ1v) is 21.0. The summed E-state index contributed by atoms with van der Waals surface area (Å²) < 4.78 is 64.4. The Morgan fingerprint density at radius 3 is 2.29 bits per heavy atom. The molecule has 62 heavy (non-hydrogen) atoms. The summed E-state index contributed by atoms with van der Waals surface area (Å²) in [6, 6.07) is 6.14. The van der Waals surface area contributed by atoms with Crippen molar-refractivity contribution in [3.63, 3.8) is 0 Å². The minimum absolute atomic E-state index is 0.0213. The number of nitrogens with zero attached hydrogens (tertiary/aromatic N) is 10. The second kappa shape index (κ2) is 18.0. The zero-order valence-corrected chi connectivity index (χ0v) is 33.3. The van der Waals surface area contributed by atoms with Crippen LogP contribution in [0.1, 0.15) is 24.4 Å². The Morgan fingerprint density at radius 1 is 0.952 bits per heavy atom. The average Bonchev–Trinajstić information content (AvgIpc) is 3.85. The number of aliphatic hydroxyl groups excluding tert-OH is 2. The van der Waals surface area contributed by atoms with E-state index in [9.17, 15) is 48.4 Å². The van der Waals surface area contributed by atoms with Crippen LogP contribution >= 0.6 is 15.6 Å². The van der Waals surface area contributed by atoms with Crippen molar-refractivity contribution in [1.29, 1.82) is 0 Å². The van der Waals surface area contributed by atoms with Crippen LogP contribution in [-0.4, -0.2) is 133 Å². The molecule has 0 radical (unpaired) electrons. The number of aromatic nitrogens is 6. The number of hydrogen-bond acceptors (Lipinski definition) is 21. The molecule has 31 heteroatoms. The number of imidazole rings is 1. The van der Waals surface area contributed by atoms with Gasteiger partial charge in [0.05, 0.1) is 19.5 Å². The third kappa shape index (κ3) is 9.69. The smallest absolute Gasteiger partial charge is 0.455 e. The number of rotatable bonds is 15. The maximum absolute atomic E-state index is 13.6. The Labute approximate surface area is 346 Å². The number of amides is 1. The predicted molar refractivity (Wildman–Crippen MR) is 202 cm³/mol. The molecule has 7 rings (SSSR count). The molecular formula is C31H36N12O17P2. The molecule has 0 saturated carbocycles. The number of fused-ring (bicyclic) bond motifs is 1. The monoisotopic (exact) mass is 910 g/mol. The lowest BCUT2D eigenvalue weighted by molar-refractivity contribution is -0.166. The van der Waals surface area contributed by atoms with Crippen molar-refractivity contribution in [1.82, 2.24) is 34.0 Å². The van der Waals surface area contributed by atoms with Gasteiger partial charge in [0.15, 0.2) is 30.0 Å². The number of ether oxygens (including phenoxy) is 4. The van der Waals surface area contributed by atoms with Gasteiger partial charge >= 0.3 is 33.4 Å². The number of hydrogen-bond donors (Lipinski definition) is 7. The molecular weight excluding hydrogens is 874 g/mol. The van der Waals surface area contributed by atoms with E-state index in [1.165, 1.54) is 29.1 Å². The van der Waals surface area contributed by atoms with Crippen LogP contribution in [0.15, 0.2) is 59.1 Å². The fraction of sp³-hybridized carbons (Fsp3) is 0.452. The van der Waals surface area contributed by atoms with Gasteiger partial charge in [-0.25, -0.2) is 38.5 Å². The van der Waals surface area contributed by atoms with Crippen molar-refractivity contribution in [2.75, 3.05) is 31.2 Å². The summed E-state index contributed by atoms with van der Waals surface area (Å²) in [6.07, 6.45) is -11.2. The van der Waals surface area contributed by atoms with Gasteiger partial charge in [0.2, 0.25) is 0 Å². The molecule has 3 aliphatic rings. The van der Waals surface area contributed by atoms with Crippen molar-refractivity contribution in [3.05, 3.63) is 75.7 Å². The first-order valence-electron chi connectivity index (χ1n) is 18.0. The summed E-state index contributed by atoms with van der Waals surface area (Å²) in [5.41, 5.74) is 20.1. The molecule has 4 aromatic rings. The van der Waals surface area contributed by atoms with E-state index >= 15 is 0 Å². The third-order valence-electron chi connectivity index (χ3n) is 9.71. The Morgan fingerprint density at radius 2 is 1.63 bits per heavy atom. The van der Waals surface area contributed by atoms with Crippen molar-refractivity contribution < 1.29 is 76.1 Å². The molecule has 0 aliphatic carbocycles. The van der Waals surface area contributed by atoms with Gasteiger partial charge in [-0.1, -0.05) is 29.4 Å². The Hall–Kier alpha value is -5.64. The summed E-state index contributed by atoms with van der Waals surface area (Å²) in [5, 5.41) is 26.2. The van der Waals surface area contributed by atoms with Crippen LogP contribution in [0.4, 0.5) is 22.1 Å². The first kappa shape index (κ1) is 44.4. The SMILES string of the molecule is [N-]=[N+]=Nc1ccc(COC(=O)N2CC[C@H]2C(=O)O[C@H]2[C@@H](O)[C@H](n3cnc4c(N)ncnc43)O[C@@H]2COP(=O)(O)O[C@H]2[C@@H](O)[C@H](n3ccc(N)nc3=O)O[C@@H]2COP(=O)(O)O)cc1. The van der Waals surface area contributed by atoms with Crippen LogP contribution in [0.25, 0.3) is 21.6 Å². The standard InChI is InChI=1S/C31H36N12O17P2/c32-19-6-8-42(30(47)38-19)27-22(45)24(18(58-27)10-55-61(49,50)51)60-62(52,53)56-11-17-23(21(44)28(57-17)43-13-37-20-25(33)35-12-36-26(20)43)59-29(46)16-5-7-41(16)31(48)54-9-14-1-3-15(4-2-14)39-40-34/h1-4,6,8,12-13,16-18,21-24,27-28,44-45H,5,7,9-11H2,(H,52,53)(H2,32,38,47)(H2,33,35,36)(H2,49,50,51)/t16-,17+,18+,21+,22+,23+,24+,27+,28+/m0/s1. The van der Waals surface area contributed by atoms with E-state index < -0.39 is 102 Å². The molecule has 0 bridgehead atoms. The molecule has 0 spiro atoms. The van der Waals surface area contributed by atoms with Gasteiger partial charge < -0.3 is 55.3 Å². The van der Waals surface area contributed by atoms with E-state index in [1.54, 1.807) is 12.1 Å². The van der Waals surface area contributed by atoms with Crippen molar-refractivity contribution in [3.8, 4) is 0 Å². The summed E-state index contributed by atoms with van der Waals surface area (Å²) in [4.78, 5) is 87.9. The lowest BCUT2D eigenvalue weighted by atomic mass is 10.0. The van der Waals surface area contributed by atoms with E-state index in [-0.39, 0.29) is 42.4 Å². The minimum atomic E-state index is -5.41. The average molecular weight is 911 g/mol. The van der Waals surface area contributed by atoms with E-state index in [0.29, 0.717) is 11.3 Å². The Kier molecular flexibility index (Phi) is 12.9. The van der Waals surface area contributed by atoms with Crippen molar-refractivity contribution in [2.45, 2.75) is 68.1 Å². The highest BCUT2D eigenvalue weighted by molar-refractivity contribution is 7.47. The third-order valence-corrected chi connectivity index (χ3v) is 11.2. The highest BCUT2D eigenvalue weighted by Gasteiger charge is 2.53. The Balaban J connectivity index is 1.07. The number of esters is 1. The molecule has 10 atom stereocenters. The molecule has 29 nitrogen and oxygen atoms in total. The van der Waals surface area contributed by atoms with Gasteiger partial charge in [0, 0.05) is 23.3 Å². The first-order chi connectivity index (χ1) is 29.4. The van der Waals surface area contributed by atoms with Gasteiger partial charge in [0.1, 0.15) is 60.8 Å². The van der Waals surface area contributed by atoms with Crippen LogP contribution in [0.2, 0.25) is 0 Å². The zero-order chi connectivity index (χ0) is 44.5. The number of nitrogens with two attached hydrogens (primary N) is 2. The second-order valence-electron chi connectivity index (χ2n) is 13.7. The molecule has 332 valence electrons. The maximum Gasteiger partial charge on any atom is 0.472 e. The number of aliphatic hydroxyl groups is 2. The topological polar surface area (TPSA) is 417 Å². The molecule has 6 heterocycles. The lowest BCUT2D eigenvalue weighted by Crippen LogP contribution is -2.57. The van der Waals surface area contributed by atoms with Gasteiger partial charge in [-0.05, 0) is 23.6 Å². The fourth-order valence-corrected chi connectivity index (χ4v) is 7.95. The largest absolute Gasteiger partial charge is 0.472 e. The highest BCUT2D eigenvalue weighted by Crippen LogP contribution is 2.50. The second-order valence-corrected chi connectivity index (χ2v) is 16.3.